The lowest BCUT2D eigenvalue weighted by Crippen LogP contribution is -2.62. The number of nitrogens with zero attached hydrogens (tertiary/aromatic N) is 1. The number of rotatable bonds is 2. The number of carbonyl (C=O) groups excluding carboxylic acids is 1. The van der Waals surface area contributed by atoms with Crippen molar-refractivity contribution in [2.45, 2.75) is 19.4 Å². The summed E-state index contributed by atoms with van der Waals surface area (Å²) in [7, 11) is 0. The Morgan fingerprint density at radius 2 is 2.16 bits per heavy atom. The molecule has 0 unspecified atom stereocenters. The van der Waals surface area contributed by atoms with Crippen LogP contribution in [-0.2, 0) is 4.79 Å². The van der Waals surface area contributed by atoms with Crippen LogP contribution in [0, 0.1) is 0 Å². The molecule has 0 saturated carbocycles. The molecule has 0 aliphatic carbocycles. The number of carboxylic acid groups (broad SMARTS) is 1. The number of halogens is 1. The van der Waals surface area contributed by atoms with Gasteiger partial charge in [0.05, 0.1) is 11.3 Å². The number of hydrogen-bond acceptors (Lipinski definition) is 3. The van der Waals surface area contributed by atoms with Gasteiger partial charge in [0.1, 0.15) is 5.54 Å². The zero-order chi connectivity index (χ0) is 14.2. The van der Waals surface area contributed by atoms with Crippen molar-refractivity contribution >= 4 is 29.2 Å². The highest BCUT2D eigenvalue weighted by atomic mass is 35.5. The summed E-state index contributed by atoms with van der Waals surface area (Å²) >= 11 is 5.95. The second-order valence-corrected chi connectivity index (χ2v) is 5.37. The number of piperazine rings is 1. The summed E-state index contributed by atoms with van der Waals surface area (Å²) in [6, 6.07) is 4.58. The van der Waals surface area contributed by atoms with Gasteiger partial charge in [-0.25, -0.2) is 4.79 Å². The van der Waals surface area contributed by atoms with Crippen LogP contribution in [0.5, 0.6) is 0 Å². The minimum absolute atomic E-state index is 0.130. The molecule has 0 atom stereocenters. The normalized spacial score (nSPS) is 18.1. The minimum atomic E-state index is -1.03. The van der Waals surface area contributed by atoms with Crippen LogP contribution >= 0.6 is 11.6 Å². The fourth-order valence-corrected chi connectivity index (χ4v) is 2.40. The molecule has 1 aromatic rings. The number of carbonyl (C=O) groups is 2. The first-order valence-electron chi connectivity index (χ1n) is 5.93. The molecule has 0 spiro atoms. The Labute approximate surface area is 116 Å². The van der Waals surface area contributed by atoms with Crippen molar-refractivity contribution < 1.29 is 14.7 Å². The molecule has 2 rings (SSSR count). The van der Waals surface area contributed by atoms with Gasteiger partial charge in [-0.15, -0.1) is 0 Å². The molecule has 1 aliphatic rings. The Hall–Kier alpha value is -1.75. The molecule has 1 amide bonds. The van der Waals surface area contributed by atoms with Gasteiger partial charge < -0.3 is 15.3 Å². The molecule has 0 radical (unpaired) electrons. The molecule has 1 fully saturated rings. The predicted octanol–water partition coefficient (Wildman–Crippen LogP) is 1.75. The maximum atomic E-state index is 11.9. The Morgan fingerprint density at radius 3 is 2.79 bits per heavy atom. The number of benzene rings is 1. The average molecular weight is 283 g/mol. The van der Waals surface area contributed by atoms with E-state index >= 15 is 0 Å². The van der Waals surface area contributed by atoms with Crippen molar-refractivity contribution in [3.05, 3.63) is 28.8 Å². The van der Waals surface area contributed by atoms with Crippen LogP contribution in [0.4, 0.5) is 5.69 Å². The summed E-state index contributed by atoms with van der Waals surface area (Å²) in [5, 5.41) is 12.5. The second kappa shape index (κ2) is 4.74. The van der Waals surface area contributed by atoms with E-state index < -0.39 is 11.5 Å². The van der Waals surface area contributed by atoms with Crippen LogP contribution < -0.4 is 10.2 Å². The standard InChI is InChI=1S/C13H15ClN2O3/c1-13(2)12(19)15-5-6-16(13)10-7-8(14)3-4-9(10)11(17)18/h3-4,7H,5-6H2,1-2H3,(H,15,19)(H,17,18). The van der Waals surface area contributed by atoms with Gasteiger partial charge in [-0.2, -0.15) is 0 Å². The molecule has 0 aromatic heterocycles. The summed E-state index contributed by atoms with van der Waals surface area (Å²) in [4.78, 5) is 25.0. The van der Waals surface area contributed by atoms with Gasteiger partial charge in [0.15, 0.2) is 0 Å². The van der Waals surface area contributed by atoms with Crippen molar-refractivity contribution in [1.82, 2.24) is 5.32 Å². The molecule has 102 valence electrons. The molecule has 1 aromatic carbocycles. The van der Waals surface area contributed by atoms with E-state index in [2.05, 4.69) is 5.32 Å². The lowest BCUT2D eigenvalue weighted by molar-refractivity contribution is -0.126. The third kappa shape index (κ3) is 2.38. The molecule has 2 N–H and O–H groups in total. The fraction of sp³-hybridized carbons (Fsp3) is 0.385. The highest BCUT2D eigenvalue weighted by Crippen LogP contribution is 2.31. The summed E-state index contributed by atoms with van der Waals surface area (Å²) < 4.78 is 0. The van der Waals surface area contributed by atoms with Gasteiger partial charge >= 0.3 is 5.97 Å². The Morgan fingerprint density at radius 1 is 1.47 bits per heavy atom. The van der Waals surface area contributed by atoms with Crippen LogP contribution in [0.2, 0.25) is 5.02 Å². The monoisotopic (exact) mass is 282 g/mol. The molecule has 0 bridgehead atoms. The van der Waals surface area contributed by atoms with E-state index in [9.17, 15) is 14.7 Å². The lowest BCUT2D eigenvalue weighted by Gasteiger charge is -2.43. The average Bonchev–Trinajstić information content (AvgIpc) is 2.32. The van der Waals surface area contributed by atoms with E-state index in [1.165, 1.54) is 12.1 Å². The predicted molar refractivity (Wildman–Crippen MR) is 72.8 cm³/mol. The first kappa shape index (κ1) is 13.7. The Kier molecular flexibility index (Phi) is 3.41. The molecule has 5 nitrogen and oxygen atoms in total. The van der Waals surface area contributed by atoms with E-state index in [0.29, 0.717) is 23.8 Å². The smallest absolute Gasteiger partial charge is 0.337 e. The third-order valence-corrected chi connectivity index (χ3v) is 3.57. The van der Waals surface area contributed by atoms with Gasteiger partial charge in [-0.05, 0) is 32.0 Å². The maximum Gasteiger partial charge on any atom is 0.337 e. The number of nitrogens with one attached hydrogen (secondary N) is 1. The number of carboxylic acids is 1. The SMILES string of the molecule is CC1(C)C(=O)NCCN1c1cc(Cl)ccc1C(=O)O. The molecule has 6 heteroatoms. The zero-order valence-corrected chi connectivity index (χ0v) is 11.5. The van der Waals surface area contributed by atoms with Crippen LogP contribution in [0.25, 0.3) is 0 Å². The highest BCUT2D eigenvalue weighted by molar-refractivity contribution is 6.31. The van der Waals surface area contributed by atoms with Gasteiger partial charge in [0, 0.05) is 18.1 Å². The van der Waals surface area contributed by atoms with Crippen molar-refractivity contribution in [3.63, 3.8) is 0 Å². The number of hydrogen-bond donors (Lipinski definition) is 2. The maximum absolute atomic E-state index is 11.9. The molecule has 1 heterocycles. The topological polar surface area (TPSA) is 69.6 Å². The molecule has 1 aliphatic heterocycles. The minimum Gasteiger partial charge on any atom is -0.478 e. The van der Waals surface area contributed by atoms with Crippen molar-refractivity contribution in [1.29, 1.82) is 0 Å². The number of amides is 1. The Balaban J connectivity index is 2.54. The van der Waals surface area contributed by atoms with Gasteiger partial charge in [0.2, 0.25) is 5.91 Å². The van der Waals surface area contributed by atoms with Gasteiger partial charge in [-0.1, -0.05) is 11.6 Å². The summed E-state index contributed by atoms with van der Waals surface area (Å²) in [6.45, 7) is 4.54. The highest BCUT2D eigenvalue weighted by Gasteiger charge is 2.39. The molecular weight excluding hydrogens is 268 g/mol. The largest absolute Gasteiger partial charge is 0.478 e. The van der Waals surface area contributed by atoms with Crippen LogP contribution in [-0.4, -0.2) is 35.6 Å². The quantitative estimate of drug-likeness (QED) is 0.867. The van der Waals surface area contributed by atoms with E-state index in [0.717, 1.165) is 0 Å². The first-order chi connectivity index (χ1) is 8.84. The zero-order valence-electron chi connectivity index (χ0n) is 10.7. The summed E-state index contributed by atoms with van der Waals surface area (Å²) in [5.74, 6) is -1.16. The van der Waals surface area contributed by atoms with Gasteiger partial charge in [-0.3, -0.25) is 4.79 Å². The molecule has 19 heavy (non-hydrogen) atoms. The van der Waals surface area contributed by atoms with Crippen LogP contribution in [0.1, 0.15) is 24.2 Å². The summed E-state index contributed by atoms with van der Waals surface area (Å²) in [5.41, 5.74) is -0.195. The van der Waals surface area contributed by atoms with E-state index in [1.807, 2.05) is 0 Å². The van der Waals surface area contributed by atoms with E-state index in [1.54, 1.807) is 24.8 Å². The lowest BCUT2D eigenvalue weighted by atomic mass is 9.96. The first-order valence-corrected chi connectivity index (χ1v) is 6.30. The fourth-order valence-electron chi connectivity index (χ4n) is 2.23. The summed E-state index contributed by atoms with van der Waals surface area (Å²) in [6.07, 6.45) is 0. The van der Waals surface area contributed by atoms with E-state index in [-0.39, 0.29) is 11.5 Å². The molecular formula is C13H15ClN2O3. The Bertz CT molecular complexity index is 543. The van der Waals surface area contributed by atoms with Gasteiger partial charge in [0.25, 0.3) is 0 Å². The number of aromatic carboxylic acids is 1. The van der Waals surface area contributed by atoms with Crippen molar-refractivity contribution in [2.75, 3.05) is 18.0 Å². The second-order valence-electron chi connectivity index (χ2n) is 4.93. The van der Waals surface area contributed by atoms with Crippen molar-refractivity contribution in [3.8, 4) is 0 Å². The number of anilines is 1. The third-order valence-electron chi connectivity index (χ3n) is 3.33. The van der Waals surface area contributed by atoms with Crippen LogP contribution in [0.15, 0.2) is 18.2 Å². The van der Waals surface area contributed by atoms with E-state index in [4.69, 9.17) is 11.6 Å². The van der Waals surface area contributed by atoms with Crippen LogP contribution in [0.3, 0.4) is 0 Å². The molecule has 1 saturated heterocycles. The van der Waals surface area contributed by atoms with Crippen molar-refractivity contribution in [2.24, 2.45) is 0 Å².